The standard InChI is InChI=1S/C47H86N2O3/c1-7-9-11-13-15-17-19-21-23-25-27-29-31-33-35-37-39-47(51-45-43(41-48(3)4)50-44(42-49(5)6)46(45)52-47)40-38-36-34-32-30-28-26-24-22-20-18-16-14-12-10-8-2/h15-18,21-24,43-46H,7-14,19-20,25-42H2,1-6H3/b17-15-,18-16-,23-21-,24-22-/t43?,44?,45-,46?/m1/s1. The molecule has 3 unspecified atom stereocenters. The second-order valence-electron chi connectivity index (χ2n) is 16.5. The molecule has 52 heavy (non-hydrogen) atoms. The van der Waals surface area contributed by atoms with Gasteiger partial charge in [0.2, 0.25) is 0 Å². The minimum Gasteiger partial charge on any atom is -0.367 e. The zero-order chi connectivity index (χ0) is 37.5. The van der Waals surface area contributed by atoms with Crippen molar-refractivity contribution >= 4 is 0 Å². The van der Waals surface area contributed by atoms with E-state index in [0.717, 1.165) is 38.8 Å². The normalized spacial score (nSPS) is 21.8. The summed E-state index contributed by atoms with van der Waals surface area (Å²) in [6, 6.07) is 0. The topological polar surface area (TPSA) is 34.2 Å². The van der Waals surface area contributed by atoms with Gasteiger partial charge in [-0.05, 0) is 105 Å². The molecular weight excluding hydrogens is 641 g/mol. The lowest BCUT2D eigenvalue weighted by atomic mass is 9.98. The van der Waals surface area contributed by atoms with Gasteiger partial charge in [0.1, 0.15) is 12.2 Å². The zero-order valence-corrected chi connectivity index (χ0v) is 35.3. The van der Waals surface area contributed by atoms with Crippen LogP contribution in [0.4, 0.5) is 0 Å². The monoisotopic (exact) mass is 727 g/mol. The summed E-state index contributed by atoms with van der Waals surface area (Å²) in [5.74, 6) is -0.446. The summed E-state index contributed by atoms with van der Waals surface area (Å²) in [5.41, 5.74) is 0. The molecule has 302 valence electrons. The van der Waals surface area contributed by atoms with Crippen molar-refractivity contribution in [1.29, 1.82) is 0 Å². The third-order valence-electron chi connectivity index (χ3n) is 10.7. The van der Waals surface area contributed by atoms with E-state index >= 15 is 0 Å². The van der Waals surface area contributed by atoms with Crippen LogP contribution in [0.25, 0.3) is 0 Å². The highest BCUT2D eigenvalue weighted by molar-refractivity contribution is 5.01. The van der Waals surface area contributed by atoms with Crippen LogP contribution in [0.3, 0.4) is 0 Å². The van der Waals surface area contributed by atoms with Crippen LogP contribution in [0.5, 0.6) is 0 Å². The Hall–Kier alpha value is -1.24. The Labute approximate surface area is 324 Å². The molecule has 4 atom stereocenters. The molecular formula is C47H86N2O3. The first-order chi connectivity index (χ1) is 25.4. The van der Waals surface area contributed by atoms with Gasteiger partial charge in [-0.1, -0.05) is 140 Å². The van der Waals surface area contributed by atoms with E-state index in [1.54, 1.807) is 0 Å². The fourth-order valence-electron chi connectivity index (χ4n) is 7.75. The lowest BCUT2D eigenvalue weighted by Gasteiger charge is -2.32. The van der Waals surface area contributed by atoms with Gasteiger partial charge in [0, 0.05) is 25.9 Å². The number of likely N-dealkylation sites (N-methyl/N-ethyl adjacent to an activating group) is 2. The first-order valence-electron chi connectivity index (χ1n) is 22.3. The number of nitrogens with zero attached hydrogens (tertiary/aromatic N) is 2. The summed E-state index contributed by atoms with van der Waals surface area (Å²) >= 11 is 0. The number of hydrogen-bond acceptors (Lipinski definition) is 5. The van der Waals surface area contributed by atoms with E-state index < -0.39 is 5.79 Å². The van der Waals surface area contributed by atoms with Crippen molar-refractivity contribution in [3.63, 3.8) is 0 Å². The van der Waals surface area contributed by atoms with E-state index in [1.165, 1.54) is 141 Å². The van der Waals surface area contributed by atoms with Crippen molar-refractivity contribution < 1.29 is 14.2 Å². The van der Waals surface area contributed by atoms with Crippen LogP contribution in [-0.4, -0.2) is 81.3 Å². The summed E-state index contributed by atoms with van der Waals surface area (Å²) in [4.78, 5) is 4.46. The summed E-state index contributed by atoms with van der Waals surface area (Å²) in [6.45, 7) is 6.29. The molecule has 0 aromatic rings. The maximum absolute atomic E-state index is 7.03. The Bertz CT molecular complexity index is 867. The number of fused-ring (bicyclic) bond motifs is 1. The lowest BCUT2D eigenvalue weighted by molar-refractivity contribution is -0.219. The average Bonchev–Trinajstić information content (AvgIpc) is 3.63. The third kappa shape index (κ3) is 22.2. The molecule has 0 amide bonds. The number of allylic oxidation sites excluding steroid dienone is 8. The van der Waals surface area contributed by atoms with Gasteiger partial charge in [-0.15, -0.1) is 0 Å². The van der Waals surface area contributed by atoms with Gasteiger partial charge in [-0.2, -0.15) is 0 Å². The molecule has 0 bridgehead atoms. The SMILES string of the molecule is CCCCC/C=C\C/C=C\CCCCCCCCC1(CCCCCCCC/C=C\C/C=C\CCCCC)OC2C(CN(C)C)OC(CN(C)C)[C@H]2O1. The maximum atomic E-state index is 7.03. The highest BCUT2D eigenvalue weighted by atomic mass is 16.8. The second kappa shape index (κ2) is 31.0. The van der Waals surface area contributed by atoms with E-state index in [0.29, 0.717) is 0 Å². The molecule has 2 saturated heterocycles. The Balaban J connectivity index is 1.72. The van der Waals surface area contributed by atoms with Gasteiger partial charge in [0.25, 0.3) is 0 Å². The molecule has 0 saturated carbocycles. The number of rotatable bonds is 34. The molecule has 0 aliphatic carbocycles. The molecule has 5 nitrogen and oxygen atoms in total. The van der Waals surface area contributed by atoms with E-state index in [2.05, 4.69) is 100 Å². The summed E-state index contributed by atoms with van der Waals surface area (Å²) in [5, 5.41) is 0. The highest BCUT2D eigenvalue weighted by Crippen LogP contribution is 2.44. The van der Waals surface area contributed by atoms with E-state index in [4.69, 9.17) is 14.2 Å². The van der Waals surface area contributed by atoms with Crippen LogP contribution < -0.4 is 0 Å². The molecule has 0 N–H and O–H groups in total. The van der Waals surface area contributed by atoms with E-state index in [9.17, 15) is 0 Å². The Morgan fingerprint density at radius 1 is 0.423 bits per heavy atom. The molecule has 0 radical (unpaired) electrons. The highest BCUT2D eigenvalue weighted by Gasteiger charge is 2.57. The van der Waals surface area contributed by atoms with Crippen molar-refractivity contribution in [2.75, 3.05) is 41.3 Å². The molecule has 0 aromatic carbocycles. The van der Waals surface area contributed by atoms with Gasteiger partial charge < -0.3 is 24.0 Å². The van der Waals surface area contributed by atoms with Crippen molar-refractivity contribution in [2.45, 2.75) is 211 Å². The molecule has 2 fully saturated rings. The molecule has 0 aromatic heterocycles. The number of ether oxygens (including phenoxy) is 3. The van der Waals surface area contributed by atoms with E-state index in [-0.39, 0.29) is 24.4 Å². The van der Waals surface area contributed by atoms with Gasteiger partial charge in [-0.25, -0.2) is 0 Å². The summed E-state index contributed by atoms with van der Waals surface area (Å²) in [6.07, 6.45) is 51.6. The van der Waals surface area contributed by atoms with Gasteiger partial charge in [0.05, 0.1) is 12.2 Å². The third-order valence-corrected chi connectivity index (χ3v) is 10.7. The van der Waals surface area contributed by atoms with Crippen molar-refractivity contribution in [2.24, 2.45) is 0 Å². The smallest absolute Gasteiger partial charge is 0.169 e. The van der Waals surface area contributed by atoms with Gasteiger partial charge >= 0.3 is 0 Å². The average molecular weight is 727 g/mol. The fourth-order valence-corrected chi connectivity index (χ4v) is 7.75. The van der Waals surface area contributed by atoms with Crippen LogP contribution in [0.1, 0.15) is 181 Å². The van der Waals surface area contributed by atoms with E-state index in [1.807, 2.05) is 0 Å². The van der Waals surface area contributed by atoms with Crippen molar-refractivity contribution in [3.05, 3.63) is 48.6 Å². The second-order valence-corrected chi connectivity index (χ2v) is 16.5. The predicted molar refractivity (Wildman–Crippen MR) is 226 cm³/mol. The Kier molecular flexibility index (Phi) is 28.0. The predicted octanol–water partition coefficient (Wildman–Crippen LogP) is 12.8. The van der Waals surface area contributed by atoms with Gasteiger partial charge in [-0.3, -0.25) is 0 Å². The quantitative estimate of drug-likeness (QED) is 0.0487. The molecule has 2 rings (SSSR count). The summed E-state index contributed by atoms with van der Waals surface area (Å²) in [7, 11) is 8.54. The minimum atomic E-state index is -0.446. The summed E-state index contributed by atoms with van der Waals surface area (Å²) < 4.78 is 20.6. The van der Waals surface area contributed by atoms with Gasteiger partial charge in [0.15, 0.2) is 5.79 Å². The van der Waals surface area contributed by atoms with Crippen LogP contribution in [-0.2, 0) is 14.2 Å². The number of hydrogen-bond donors (Lipinski definition) is 0. The van der Waals surface area contributed by atoms with Crippen LogP contribution in [0.15, 0.2) is 48.6 Å². The van der Waals surface area contributed by atoms with Crippen LogP contribution >= 0.6 is 0 Å². The van der Waals surface area contributed by atoms with Crippen molar-refractivity contribution in [1.82, 2.24) is 9.80 Å². The molecule has 5 heteroatoms. The lowest BCUT2D eigenvalue weighted by Crippen LogP contribution is -2.39. The Morgan fingerprint density at radius 2 is 0.750 bits per heavy atom. The minimum absolute atomic E-state index is 0.0292. The van der Waals surface area contributed by atoms with Crippen molar-refractivity contribution in [3.8, 4) is 0 Å². The molecule has 2 heterocycles. The maximum Gasteiger partial charge on any atom is 0.169 e. The zero-order valence-electron chi connectivity index (χ0n) is 35.3. The Morgan fingerprint density at radius 3 is 1.10 bits per heavy atom. The molecule has 2 aliphatic heterocycles. The van der Waals surface area contributed by atoms with Crippen LogP contribution in [0, 0.1) is 0 Å². The fraction of sp³-hybridized carbons (Fsp3) is 0.830. The molecule has 2 aliphatic rings. The first-order valence-corrected chi connectivity index (χ1v) is 22.3. The molecule has 0 spiro atoms. The first kappa shape index (κ1) is 46.9. The largest absolute Gasteiger partial charge is 0.367 e. The van der Waals surface area contributed by atoms with Crippen LogP contribution in [0.2, 0.25) is 0 Å². The number of unbranched alkanes of at least 4 members (excludes halogenated alkanes) is 18.